The van der Waals surface area contributed by atoms with Crippen molar-refractivity contribution in [1.29, 1.82) is 0 Å². The molecule has 1 N–H and O–H groups in total. The number of aliphatic hydroxyl groups is 1. The highest BCUT2D eigenvalue weighted by Crippen LogP contribution is 2.43. The summed E-state index contributed by atoms with van der Waals surface area (Å²) in [5.74, 6) is -1.33. The fourth-order valence-corrected chi connectivity index (χ4v) is 4.00. The summed E-state index contributed by atoms with van der Waals surface area (Å²) < 4.78 is 24.4. The van der Waals surface area contributed by atoms with Gasteiger partial charge in [0.15, 0.2) is 0 Å². The first kappa shape index (κ1) is 22.1. The third-order valence-electron chi connectivity index (χ3n) is 5.58. The Kier molecular flexibility index (Phi) is 6.13. The van der Waals surface area contributed by atoms with E-state index in [-0.39, 0.29) is 17.9 Å². The quantitative estimate of drug-likeness (QED) is 0.343. The number of halogens is 1. The summed E-state index contributed by atoms with van der Waals surface area (Å²) in [6, 6.07) is 18.4. The van der Waals surface area contributed by atoms with E-state index < -0.39 is 23.5 Å². The topological polar surface area (TPSA) is 76.1 Å². The lowest BCUT2D eigenvalue weighted by Crippen LogP contribution is -2.29. The van der Waals surface area contributed by atoms with E-state index in [4.69, 9.17) is 9.47 Å². The van der Waals surface area contributed by atoms with E-state index in [0.717, 1.165) is 0 Å². The fourth-order valence-electron chi connectivity index (χ4n) is 4.00. The van der Waals surface area contributed by atoms with E-state index in [1.807, 2.05) is 0 Å². The predicted molar refractivity (Wildman–Crippen MR) is 120 cm³/mol. The molecule has 3 aromatic carbocycles. The maximum atomic E-state index is 13.8. The van der Waals surface area contributed by atoms with Gasteiger partial charge in [-0.1, -0.05) is 30.3 Å². The van der Waals surface area contributed by atoms with Crippen molar-refractivity contribution in [2.24, 2.45) is 0 Å². The summed E-state index contributed by atoms with van der Waals surface area (Å²) in [6.07, 6.45) is 0. The molecule has 7 heteroatoms. The van der Waals surface area contributed by atoms with Crippen molar-refractivity contribution >= 4 is 17.4 Å². The minimum atomic E-state index is -0.925. The fraction of sp³-hybridized carbons (Fsp3) is 0.154. The Morgan fingerprint density at radius 1 is 0.970 bits per heavy atom. The Labute approximate surface area is 190 Å². The average molecular weight is 447 g/mol. The smallest absolute Gasteiger partial charge is 0.295 e. The first-order valence-electron chi connectivity index (χ1n) is 10.2. The standard InChI is InChI=1S/C26H22FNO5/c1-32-19-12-10-17(11-13-19)24(29)22-23(20-8-3-4-9-21(20)33-2)28(26(31)25(22)30)15-16-6-5-7-18(27)14-16/h3-14,23,29H,15H2,1-2H3. The first-order valence-corrected chi connectivity index (χ1v) is 10.2. The van der Waals surface area contributed by atoms with Gasteiger partial charge in [-0.2, -0.15) is 0 Å². The van der Waals surface area contributed by atoms with Crippen molar-refractivity contribution in [2.75, 3.05) is 14.2 Å². The van der Waals surface area contributed by atoms with Crippen molar-refractivity contribution in [2.45, 2.75) is 12.6 Å². The zero-order valence-corrected chi connectivity index (χ0v) is 18.1. The Morgan fingerprint density at radius 3 is 2.36 bits per heavy atom. The van der Waals surface area contributed by atoms with E-state index >= 15 is 0 Å². The maximum Gasteiger partial charge on any atom is 0.295 e. The van der Waals surface area contributed by atoms with Crippen molar-refractivity contribution in [3.8, 4) is 11.5 Å². The second kappa shape index (κ2) is 9.16. The molecule has 1 fully saturated rings. The summed E-state index contributed by atoms with van der Waals surface area (Å²) in [5, 5.41) is 11.1. The molecule has 1 saturated heterocycles. The van der Waals surface area contributed by atoms with E-state index in [9.17, 15) is 19.1 Å². The number of ether oxygens (including phenoxy) is 2. The van der Waals surface area contributed by atoms with Crippen LogP contribution in [-0.4, -0.2) is 35.9 Å². The van der Waals surface area contributed by atoms with Crippen molar-refractivity contribution < 1.29 is 28.6 Å². The van der Waals surface area contributed by atoms with Crippen LogP contribution in [0.1, 0.15) is 22.7 Å². The number of rotatable bonds is 6. The van der Waals surface area contributed by atoms with Crippen molar-refractivity contribution in [1.82, 2.24) is 4.90 Å². The van der Waals surface area contributed by atoms with E-state index in [1.165, 1.54) is 37.3 Å². The van der Waals surface area contributed by atoms with Crippen LogP contribution in [0.3, 0.4) is 0 Å². The van der Waals surface area contributed by atoms with Gasteiger partial charge in [0.2, 0.25) is 0 Å². The SMILES string of the molecule is COc1ccc(C(O)=C2C(=O)C(=O)N(Cc3cccc(F)c3)C2c2ccccc2OC)cc1. The summed E-state index contributed by atoms with van der Waals surface area (Å²) in [4.78, 5) is 27.6. The Hall–Kier alpha value is -4.13. The first-order chi connectivity index (χ1) is 15.9. The molecule has 1 unspecified atom stereocenters. The number of nitrogens with zero attached hydrogens (tertiary/aromatic N) is 1. The highest BCUT2D eigenvalue weighted by molar-refractivity contribution is 6.46. The van der Waals surface area contributed by atoms with Gasteiger partial charge in [-0.05, 0) is 48.0 Å². The monoisotopic (exact) mass is 447 g/mol. The van der Waals surface area contributed by atoms with Crippen LogP contribution in [-0.2, 0) is 16.1 Å². The van der Waals surface area contributed by atoms with Gasteiger partial charge in [-0.25, -0.2) is 4.39 Å². The maximum absolute atomic E-state index is 13.8. The molecule has 0 aromatic heterocycles. The number of para-hydroxylation sites is 1. The van der Waals surface area contributed by atoms with Gasteiger partial charge >= 0.3 is 0 Å². The molecule has 0 radical (unpaired) electrons. The van der Waals surface area contributed by atoms with Gasteiger partial charge in [-0.3, -0.25) is 9.59 Å². The van der Waals surface area contributed by atoms with E-state index in [2.05, 4.69) is 0 Å². The normalized spacial score (nSPS) is 17.3. The third kappa shape index (κ3) is 4.17. The number of benzene rings is 3. The molecule has 33 heavy (non-hydrogen) atoms. The lowest BCUT2D eigenvalue weighted by Gasteiger charge is -2.26. The molecular weight excluding hydrogens is 425 g/mol. The molecular formula is C26H22FNO5. The van der Waals surface area contributed by atoms with E-state index in [0.29, 0.717) is 28.2 Å². The molecule has 3 aromatic rings. The van der Waals surface area contributed by atoms with Gasteiger partial charge in [-0.15, -0.1) is 0 Å². The number of likely N-dealkylation sites (tertiary alicyclic amines) is 1. The van der Waals surface area contributed by atoms with Crippen LogP contribution in [0.4, 0.5) is 4.39 Å². The number of hydrogen-bond acceptors (Lipinski definition) is 5. The minimum absolute atomic E-state index is 0.0234. The molecule has 0 spiro atoms. The lowest BCUT2D eigenvalue weighted by atomic mass is 9.94. The molecule has 168 valence electrons. The molecule has 1 heterocycles. The van der Waals surface area contributed by atoms with Gasteiger partial charge in [0.1, 0.15) is 23.1 Å². The number of carbonyl (C=O) groups is 2. The van der Waals surface area contributed by atoms with Crippen LogP contribution in [0.25, 0.3) is 5.76 Å². The summed E-state index contributed by atoms with van der Waals surface area (Å²) in [7, 11) is 3.01. The molecule has 6 nitrogen and oxygen atoms in total. The Bertz CT molecular complexity index is 1240. The summed E-state index contributed by atoms with van der Waals surface area (Å²) in [6.45, 7) is -0.0234. The van der Waals surface area contributed by atoms with E-state index in [1.54, 1.807) is 54.6 Å². The van der Waals surface area contributed by atoms with Crippen LogP contribution < -0.4 is 9.47 Å². The summed E-state index contributed by atoms with van der Waals surface area (Å²) >= 11 is 0. The van der Waals surface area contributed by atoms with Gasteiger partial charge in [0.25, 0.3) is 11.7 Å². The second-order valence-electron chi connectivity index (χ2n) is 7.53. The molecule has 1 atom stereocenters. The number of methoxy groups -OCH3 is 2. The van der Waals surface area contributed by atoms with Gasteiger partial charge in [0, 0.05) is 17.7 Å². The zero-order chi connectivity index (χ0) is 23.5. The van der Waals surface area contributed by atoms with Crippen LogP contribution >= 0.6 is 0 Å². The number of aliphatic hydroxyl groups excluding tert-OH is 1. The van der Waals surface area contributed by atoms with Crippen molar-refractivity contribution in [3.63, 3.8) is 0 Å². The van der Waals surface area contributed by atoms with Crippen LogP contribution in [0.2, 0.25) is 0 Å². The highest BCUT2D eigenvalue weighted by Gasteiger charge is 2.47. The minimum Gasteiger partial charge on any atom is -0.507 e. The largest absolute Gasteiger partial charge is 0.507 e. The van der Waals surface area contributed by atoms with Gasteiger partial charge in [0.05, 0.1) is 25.8 Å². The predicted octanol–water partition coefficient (Wildman–Crippen LogP) is 4.46. The number of hydrogen-bond donors (Lipinski definition) is 1. The molecule has 1 amide bonds. The van der Waals surface area contributed by atoms with Crippen LogP contribution in [0, 0.1) is 5.82 Å². The molecule has 0 aliphatic carbocycles. The number of Topliss-reactive ketones (excluding diaryl/α,β-unsaturated/α-hetero) is 1. The van der Waals surface area contributed by atoms with Crippen LogP contribution in [0.15, 0.2) is 78.4 Å². The van der Waals surface area contributed by atoms with Crippen LogP contribution in [0.5, 0.6) is 11.5 Å². The van der Waals surface area contributed by atoms with Crippen molar-refractivity contribution in [3.05, 3.63) is 101 Å². The number of ketones is 1. The highest BCUT2D eigenvalue weighted by atomic mass is 19.1. The summed E-state index contributed by atoms with van der Waals surface area (Å²) in [5.41, 5.74) is 1.34. The zero-order valence-electron chi connectivity index (χ0n) is 18.1. The lowest BCUT2D eigenvalue weighted by molar-refractivity contribution is -0.140. The Balaban J connectivity index is 1.88. The van der Waals surface area contributed by atoms with Gasteiger partial charge < -0.3 is 19.5 Å². The second-order valence-corrected chi connectivity index (χ2v) is 7.53. The molecule has 4 rings (SSSR count). The molecule has 0 saturated carbocycles. The number of amides is 1. The molecule has 0 bridgehead atoms. The Morgan fingerprint density at radius 2 is 1.70 bits per heavy atom. The number of carbonyl (C=O) groups excluding carboxylic acids is 2. The molecule has 1 aliphatic heterocycles. The third-order valence-corrected chi connectivity index (χ3v) is 5.58. The molecule has 1 aliphatic rings. The average Bonchev–Trinajstić information content (AvgIpc) is 3.08.